The topological polar surface area (TPSA) is 243 Å². The molecule has 1 saturated heterocycles. The average Bonchev–Trinajstić information content (AvgIpc) is 3.58. The van der Waals surface area contributed by atoms with Gasteiger partial charge in [-0.05, 0) is 32.9 Å². The Kier molecular flexibility index (Phi) is 8.08. The average molecular weight is 631 g/mol. The summed E-state index contributed by atoms with van der Waals surface area (Å²) >= 11 is 2.08. The lowest BCUT2D eigenvalue weighted by Gasteiger charge is -2.49. The lowest BCUT2D eigenvalue weighted by molar-refractivity contribution is -0.663. The third-order valence-electron chi connectivity index (χ3n) is 6.84. The summed E-state index contributed by atoms with van der Waals surface area (Å²) in [5.41, 5.74) is 12.3. The third kappa shape index (κ3) is 5.63. The molecule has 0 saturated carbocycles. The zero-order valence-electron chi connectivity index (χ0n) is 22.9. The van der Waals surface area contributed by atoms with Crippen molar-refractivity contribution < 1.29 is 38.8 Å². The highest BCUT2D eigenvalue weighted by atomic mass is 32.2. The minimum atomic E-state index is -1.79. The molecule has 3 aromatic heterocycles. The Morgan fingerprint density at radius 1 is 1.35 bits per heavy atom. The van der Waals surface area contributed by atoms with Crippen LogP contribution in [0.25, 0.3) is 11.0 Å². The normalized spacial score (nSPS) is 18.8. The molecule has 5 heterocycles. The van der Waals surface area contributed by atoms with Crippen molar-refractivity contribution in [3.63, 3.8) is 0 Å². The molecule has 2 unspecified atom stereocenters. The van der Waals surface area contributed by atoms with Crippen LogP contribution >= 0.6 is 23.3 Å². The van der Waals surface area contributed by atoms with Crippen LogP contribution in [0.1, 0.15) is 25.2 Å². The number of aromatic nitrogens is 4. The van der Waals surface area contributed by atoms with Crippen LogP contribution in [0.3, 0.4) is 0 Å². The monoisotopic (exact) mass is 630 g/mol. The van der Waals surface area contributed by atoms with Crippen molar-refractivity contribution in [1.29, 1.82) is 0 Å². The number of H-pyrrole nitrogens is 1. The molecular weight excluding hydrogens is 602 g/mol. The van der Waals surface area contributed by atoms with Crippen LogP contribution in [-0.4, -0.2) is 88.2 Å². The Bertz CT molecular complexity index is 1700. The largest absolute Gasteiger partial charge is 0.478 e. The van der Waals surface area contributed by atoms with Crippen LogP contribution < -0.4 is 21.4 Å². The van der Waals surface area contributed by atoms with Crippen molar-refractivity contribution in [2.75, 3.05) is 18.0 Å². The Balaban J connectivity index is 1.39. The van der Waals surface area contributed by atoms with E-state index in [1.54, 1.807) is 0 Å². The number of nitrogen functional groups attached to an aromatic ring is 1. The summed E-state index contributed by atoms with van der Waals surface area (Å²) in [7, 11) is 0. The van der Waals surface area contributed by atoms with Gasteiger partial charge in [0, 0.05) is 40.7 Å². The van der Waals surface area contributed by atoms with E-state index in [4.69, 9.17) is 16.3 Å². The highest BCUT2D eigenvalue weighted by Gasteiger charge is 2.55. The second-order valence-corrected chi connectivity index (χ2v) is 12.1. The Morgan fingerprint density at radius 3 is 2.77 bits per heavy atom. The number of carbonyl (C=O) groups excluding carboxylic acids is 2. The third-order valence-corrected chi connectivity index (χ3v) is 8.72. The SMILES string of the molecule is CC(C)(ON=C(C(=O)NC1C(=O)N2C(C(=O)O)=C(C[n+]3cccc4[nH]cc(CCN)c43)CSC12)c1nsc(N)n1)C(=O)O. The van der Waals surface area contributed by atoms with E-state index in [9.17, 15) is 29.4 Å². The fourth-order valence-electron chi connectivity index (χ4n) is 4.67. The van der Waals surface area contributed by atoms with E-state index in [2.05, 4.69) is 24.8 Å². The second-order valence-electron chi connectivity index (χ2n) is 10.2. The van der Waals surface area contributed by atoms with Crippen molar-refractivity contribution in [3.8, 4) is 0 Å². The number of aromatic amines is 1. The number of anilines is 1. The number of carbonyl (C=O) groups is 4. The molecule has 8 N–H and O–H groups in total. The zero-order chi connectivity index (χ0) is 31.1. The van der Waals surface area contributed by atoms with Crippen LogP contribution in [0.5, 0.6) is 0 Å². The molecule has 5 rings (SSSR count). The van der Waals surface area contributed by atoms with Crippen LogP contribution in [0, 0.1) is 0 Å². The number of thioether (sulfide) groups is 1. The summed E-state index contributed by atoms with van der Waals surface area (Å²) in [4.78, 5) is 63.8. The van der Waals surface area contributed by atoms with E-state index in [0.29, 0.717) is 18.5 Å². The molecule has 2 amide bonds. The van der Waals surface area contributed by atoms with Gasteiger partial charge in [-0.1, -0.05) is 5.16 Å². The number of aliphatic carboxylic acids is 2. The maximum Gasteiger partial charge on any atom is 0.352 e. The number of nitrogens with zero attached hydrogens (tertiary/aromatic N) is 5. The maximum atomic E-state index is 13.3. The van der Waals surface area contributed by atoms with Crippen LogP contribution in [0.2, 0.25) is 0 Å². The molecule has 2 aliphatic heterocycles. The predicted octanol–water partition coefficient (Wildman–Crippen LogP) is -0.587. The minimum Gasteiger partial charge on any atom is -0.478 e. The number of rotatable bonds is 11. The quantitative estimate of drug-likeness (QED) is 0.0674. The Morgan fingerprint density at radius 2 is 2.12 bits per heavy atom. The summed E-state index contributed by atoms with van der Waals surface area (Å²) in [6, 6.07) is 2.66. The minimum absolute atomic E-state index is 0.0221. The fourth-order valence-corrected chi connectivity index (χ4v) is 6.44. The van der Waals surface area contributed by atoms with Crippen molar-refractivity contribution >= 4 is 68.9 Å². The number of amides is 2. The highest BCUT2D eigenvalue weighted by molar-refractivity contribution is 8.00. The number of nitrogens with one attached hydrogen (secondary N) is 2. The van der Waals surface area contributed by atoms with E-state index in [-0.39, 0.29) is 29.0 Å². The van der Waals surface area contributed by atoms with E-state index < -0.39 is 46.5 Å². The summed E-state index contributed by atoms with van der Waals surface area (Å²) in [5, 5.41) is 25.0. The summed E-state index contributed by atoms with van der Waals surface area (Å²) in [5.74, 6) is -4.10. The number of pyridine rings is 1. The molecule has 2 aliphatic rings. The van der Waals surface area contributed by atoms with Crippen molar-refractivity contribution in [1.82, 2.24) is 24.6 Å². The van der Waals surface area contributed by atoms with Crippen LogP contribution in [-0.2, 0) is 37.0 Å². The molecule has 0 aromatic carbocycles. The maximum absolute atomic E-state index is 13.3. The van der Waals surface area contributed by atoms with Gasteiger partial charge in [-0.2, -0.15) is 13.9 Å². The van der Waals surface area contributed by atoms with E-state index in [0.717, 1.165) is 33.0 Å². The number of fused-ring (bicyclic) bond motifs is 2. The first-order valence-corrected chi connectivity index (χ1v) is 14.7. The Hall–Kier alpha value is -4.55. The molecule has 0 radical (unpaired) electrons. The molecule has 226 valence electrons. The smallest absolute Gasteiger partial charge is 0.352 e. The molecule has 0 spiro atoms. The molecule has 16 nitrogen and oxygen atoms in total. The number of hydrogen-bond acceptors (Lipinski definition) is 12. The van der Waals surface area contributed by atoms with E-state index in [1.807, 2.05) is 29.1 Å². The molecule has 0 bridgehead atoms. The van der Waals surface area contributed by atoms with Gasteiger partial charge in [0.2, 0.25) is 22.7 Å². The molecular formula is C25H28N9O7S2+. The van der Waals surface area contributed by atoms with E-state index >= 15 is 0 Å². The summed E-state index contributed by atoms with van der Waals surface area (Å²) in [6.45, 7) is 3.13. The number of β-lactam (4-membered cyclic amide) rings is 1. The van der Waals surface area contributed by atoms with Gasteiger partial charge in [0.15, 0.2) is 17.9 Å². The number of hydrogen-bond donors (Lipinski definition) is 6. The number of oxime groups is 1. The Labute approximate surface area is 251 Å². The summed E-state index contributed by atoms with van der Waals surface area (Å²) in [6.07, 6.45) is 4.35. The first kappa shape index (κ1) is 29.9. The standard InChI is InChI=1S/C25H27N9O7S2/c1-25(2,23(39)40)41-31-14(18-30-24(27)43-32-18)19(35)29-15-20(36)34-17(22(37)38)12(10-42-21(15)34)9-33-7-3-4-13-16(33)11(5-6-26)8-28-13/h3-4,7-8,15,21H,5-6,9-10,26H2,1-2H3,(H5,27,29,30,32,35,37,38,39,40)/p+1. The van der Waals surface area contributed by atoms with Gasteiger partial charge in [0.25, 0.3) is 11.8 Å². The van der Waals surface area contributed by atoms with Crippen molar-refractivity contribution in [3.05, 3.63) is 47.2 Å². The van der Waals surface area contributed by atoms with Crippen molar-refractivity contribution in [2.45, 2.75) is 43.8 Å². The fraction of sp³-hybridized carbons (Fsp3) is 0.360. The number of carboxylic acids is 2. The van der Waals surface area contributed by atoms with Crippen molar-refractivity contribution in [2.24, 2.45) is 10.9 Å². The first-order chi connectivity index (χ1) is 20.4. The van der Waals surface area contributed by atoms with Gasteiger partial charge in [-0.25, -0.2) is 9.59 Å². The molecule has 0 aliphatic carbocycles. The van der Waals surface area contributed by atoms with Gasteiger partial charge in [0.05, 0.1) is 0 Å². The van der Waals surface area contributed by atoms with Gasteiger partial charge < -0.3 is 36.8 Å². The molecule has 3 aromatic rings. The first-order valence-electron chi connectivity index (χ1n) is 12.9. The number of carboxylic acid groups (broad SMARTS) is 2. The lowest BCUT2D eigenvalue weighted by atomic mass is 10.0. The van der Waals surface area contributed by atoms with Gasteiger partial charge in [-0.15, -0.1) is 11.8 Å². The lowest BCUT2D eigenvalue weighted by Crippen LogP contribution is -2.71. The van der Waals surface area contributed by atoms with Gasteiger partial charge >= 0.3 is 11.9 Å². The summed E-state index contributed by atoms with van der Waals surface area (Å²) < 4.78 is 5.87. The van der Waals surface area contributed by atoms with Crippen LogP contribution in [0.4, 0.5) is 5.13 Å². The highest BCUT2D eigenvalue weighted by Crippen LogP contribution is 2.40. The molecule has 43 heavy (non-hydrogen) atoms. The zero-order valence-corrected chi connectivity index (χ0v) is 24.6. The van der Waals surface area contributed by atoms with Crippen LogP contribution in [0.15, 0.2) is 41.0 Å². The number of nitrogens with two attached hydrogens (primary N) is 2. The molecule has 18 heteroatoms. The molecule has 1 fully saturated rings. The van der Waals surface area contributed by atoms with Gasteiger partial charge in [-0.3, -0.25) is 14.5 Å². The van der Waals surface area contributed by atoms with Gasteiger partial charge in [0.1, 0.15) is 22.6 Å². The van der Waals surface area contributed by atoms with E-state index in [1.165, 1.54) is 25.6 Å². The predicted molar refractivity (Wildman–Crippen MR) is 155 cm³/mol. The second kappa shape index (κ2) is 11.6. The molecule has 2 atom stereocenters.